The Balaban J connectivity index is 1.65. The fraction of sp³-hybridized carbons (Fsp3) is 0.318. The Kier molecular flexibility index (Phi) is 4.86. The zero-order valence-corrected chi connectivity index (χ0v) is 16.2. The topological polar surface area (TPSA) is 66.7 Å². The second-order valence-corrected chi connectivity index (χ2v) is 7.59. The molecule has 0 saturated carbocycles. The van der Waals surface area contributed by atoms with Gasteiger partial charge in [0.2, 0.25) is 5.82 Å². The number of hydrogen-bond acceptors (Lipinski definition) is 3. The van der Waals surface area contributed by atoms with Crippen LogP contribution >= 0.6 is 0 Å². The zero-order valence-electron chi connectivity index (χ0n) is 16.2. The van der Waals surface area contributed by atoms with Crippen LogP contribution in [-0.2, 0) is 13.0 Å². The molecule has 28 heavy (non-hydrogen) atoms. The van der Waals surface area contributed by atoms with Gasteiger partial charge in [-0.15, -0.1) is 0 Å². The van der Waals surface area contributed by atoms with Crippen LogP contribution in [0.5, 0.6) is 0 Å². The number of aromatic nitrogens is 2. The maximum absolute atomic E-state index is 13.2. The zero-order chi connectivity index (χ0) is 19.7. The van der Waals surface area contributed by atoms with Crippen molar-refractivity contribution >= 4 is 17.3 Å². The normalized spacial score (nSPS) is 13.6. The molecule has 144 valence electrons. The summed E-state index contributed by atoms with van der Waals surface area (Å²) in [7, 11) is 0. The Labute approximate surface area is 164 Å². The maximum Gasteiger partial charge on any atom is 0.287 e. The molecule has 6 heteroatoms. The molecule has 2 aromatic heterocycles. The first-order chi connectivity index (χ1) is 13.5. The SMILES string of the molecule is CC(C)CNC(=O)c1nc(C(=O)N2CCc3ccccc3C2)c2ccccn12. The Morgan fingerprint density at radius 2 is 1.86 bits per heavy atom. The van der Waals surface area contributed by atoms with Gasteiger partial charge in [0.1, 0.15) is 0 Å². The van der Waals surface area contributed by atoms with Crippen LogP contribution in [0.1, 0.15) is 46.1 Å². The molecular formula is C22H24N4O2. The van der Waals surface area contributed by atoms with Crippen molar-refractivity contribution in [1.29, 1.82) is 0 Å². The van der Waals surface area contributed by atoms with Gasteiger partial charge in [0.25, 0.3) is 11.8 Å². The van der Waals surface area contributed by atoms with Crippen LogP contribution in [0.15, 0.2) is 48.7 Å². The number of rotatable bonds is 4. The molecule has 1 N–H and O–H groups in total. The second-order valence-electron chi connectivity index (χ2n) is 7.59. The van der Waals surface area contributed by atoms with Gasteiger partial charge in [0.05, 0.1) is 5.52 Å². The molecule has 4 rings (SSSR count). The van der Waals surface area contributed by atoms with Gasteiger partial charge in [-0.05, 0) is 35.6 Å². The minimum atomic E-state index is -0.266. The largest absolute Gasteiger partial charge is 0.349 e. The van der Waals surface area contributed by atoms with Crippen molar-refractivity contribution < 1.29 is 9.59 Å². The highest BCUT2D eigenvalue weighted by atomic mass is 16.2. The number of benzene rings is 1. The predicted molar refractivity (Wildman–Crippen MR) is 107 cm³/mol. The van der Waals surface area contributed by atoms with Crippen LogP contribution in [0.4, 0.5) is 0 Å². The lowest BCUT2D eigenvalue weighted by Gasteiger charge is -2.28. The first-order valence-corrected chi connectivity index (χ1v) is 9.66. The van der Waals surface area contributed by atoms with Crippen molar-refractivity contribution in [1.82, 2.24) is 19.6 Å². The van der Waals surface area contributed by atoms with Crippen LogP contribution in [-0.4, -0.2) is 39.2 Å². The number of amides is 2. The van der Waals surface area contributed by atoms with Gasteiger partial charge in [-0.3, -0.25) is 14.0 Å². The Bertz CT molecular complexity index is 1040. The van der Waals surface area contributed by atoms with E-state index in [1.165, 1.54) is 11.1 Å². The summed E-state index contributed by atoms with van der Waals surface area (Å²) in [6.45, 7) is 5.85. The highest BCUT2D eigenvalue weighted by Crippen LogP contribution is 2.22. The van der Waals surface area contributed by atoms with Gasteiger partial charge in [0, 0.05) is 25.8 Å². The lowest BCUT2D eigenvalue weighted by molar-refractivity contribution is 0.0731. The molecular weight excluding hydrogens is 352 g/mol. The van der Waals surface area contributed by atoms with Crippen molar-refractivity contribution in [3.05, 3.63) is 71.3 Å². The Morgan fingerprint density at radius 3 is 2.64 bits per heavy atom. The summed E-state index contributed by atoms with van der Waals surface area (Å²) in [5.74, 6) is 0.181. The van der Waals surface area contributed by atoms with Gasteiger partial charge in [-0.2, -0.15) is 0 Å². The lowest BCUT2D eigenvalue weighted by atomic mass is 10.00. The van der Waals surface area contributed by atoms with Gasteiger partial charge in [-0.25, -0.2) is 4.98 Å². The van der Waals surface area contributed by atoms with Crippen molar-refractivity contribution in [2.24, 2.45) is 5.92 Å². The van der Waals surface area contributed by atoms with E-state index in [2.05, 4.69) is 22.4 Å². The highest BCUT2D eigenvalue weighted by molar-refractivity contribution is 6.02. The first kappa shape index (κ1) is 18.2. The van der Waals surface area contributed by atoms with E-state index in [9.17, 15) is 9.59 Å². The monoisotopic (exact) mass is 376 g/mol. The molecule has 0 saturated heterocycles. The van der Waals surface area contributed by atoms with E-state index in [0.29, 0.717) is 36.8 Å². The van der Waals surface area contributed by atoms with Crippen LogP contribution in [0.2, 0.25) is 0 Å². The number of nitrogens with one attached hydrogen (secondary N) is 1. The first-order valence-electron chi connectivity index (χ1n) is 9.66. The summed E-state index contributed by atoms with van der Waals surface area (Å²) >= 11 is 0. The number of fused-ring (bicyclic) bond motifs is 2. The van der Waals surface area contributed by atoms with E-state index >= 15 is 0 Å². The number of carbonyl (C=O) groups excluding carboxylic acids is 2. The van der Waals surface area contributed by atoms with E-state index in [0.717, 1.165) is 6.42 Å². The molecule has 0 spiro atoms. The summed E-state index contributed by atoms with van der Waals surface area (Å²) in [5, 5.41) is 2.89. The third-order valence-electron chi connectivity index (χ3n) is 5.04. The van der Waals surface area contributed by atoms with Gasteiger partial charge >= 0.3 is 0 Å². The van der Waals surface area contributed by atoms with E-state index in [-0.39, 0.29) is 17.6 Å². The van der Waals surface area contributed by atoms with Crippen LogP contribution < -0.4 is 5.32 Å². The van der Waals surface area contributed by atoms with Crippen molar-refractivity contribution in [3.8, 4) is 0 Å². The summed E-state index contributed by atoms with van der Waals surface area (Å²) in [4.78, 5) is 32.1. The molecule has 0 unspecified atom stereocenters. The smallest absolute Gasteiger partial charge is 0.287 e. The maximum atomic E-state index is 13.2. The van der Waals surface area contributed by atoms with Gasteiger partial charge in [0.15, 0.2) is 5.69 Å². The highest BCUT2D eigenvalue weighted by Gasteiger charge is 2.27. The summed E-state index contributed by atoms with van der Waals surface area (Å²) in [6.07, 6.45) is 2.60. The molecule has 3 heterocycles. The molecule has 0 atom stereocenters. The number of pyridine rings is 1. The lowest BCUT2D eigenvalue weighted by Crippen LogP contribution is -2.36. The standard InChI is InChI=1S/C22H24N4O2/c1-15(2)13-23-21(27)20-24-19(18-9-5-6-11-26(18)20)22(28)25-12-10-16-7-3-4-8-17(16)14-25/h3-9,11,15H,10,12-14H2,1-2H3,(H,23,27). The van der Waals surface area contributed by atoms with Crippen molar-refractivity contribution in [2.75, 3.05) is 13.1 Å². The van der Waals surface area contributed by atoms with Crippen LogP contribution in [0, 0.1) is 5.92 Å². The van der Waals surface area contributed by atoms with E-state index in [1.807, 2.05) is 49.1 Å². The molecule has 0 radical (unpaired) electrons. The molecule has 0 fully saturated rings. The quantitative estimate of drug-likeness (QED) is 0.761. The number of nitrogens with zero attached hydrogens (tertiary/aromatic N) is 3. The summed E-state index contributed by atoms with van der Waals surface area (Å²) < 4.78 is 1.70. The van der Waals surface area contributed by atoms with E-state index < -0.39 is 0 Å². The summed E-state index contributed by atoms with van der Waals surface area (Å²) in [5.41, 5.74) is 3.44. The average molecular weight is 376 g/mol. The second kappa shape index (κ2) is 7.46. The summed E-state index contributed by atoms with van der Waals surface area (Å²) in [6, 6.07) is 13.7. The molecule has 1 aliphatic heterocycles. The van der Waals surface area contributed by atoms with E-state index in [1.54, 1.807) is 10.6 Å². The minimum absolute atomic E-state index is 0.138. The van der Waals surface area contributed by atoms with Gasteiger partial charge < -0.3 is 10.2 Å². The molecule has 0 bridgehead atoms. The molecule has 0 aliphatic carbocycles. The minimum Gasteiger partial charge on any atom is -0.349 e. The predicted octanol–water partition coefficient (Wildman–Crippen LogP) is 2.92. The third kappa shape index (κ3) is 3.38. The molecule has 6 nitrogen and oxygen atoms in total. The number of imidazole rings is 1. The number of hydrogen-bond donors (Lipinski definition) is 1. The molecule has 2 amide bonds. The van der Waals surface area contributed by atoms with Crippen LogP contribution in [0.3, 0.4) is 0 Å². The van der Waals surface area contributed by atoms with Crippen LogP contribution in [0.25, 0.3) is 5.52 Å². The third-order valence-corrected chi connectivity index (χ3v) is 5.04. The van der Waals surface area contributed by atoms with Gasteiger partial charge in [-0.1, -0.05) is 44.2 Å². The fourth-order valence-electron chi connectivity index (χ4n) is 3.55. The molecule has 1 aliphatic rings. The molecule has 3 aromatic rings. The number of carbonyl (C=O) groups is 2. The van der Waals surface area contributed by atoms with Crippen molar-refractivity contribution in [3.63, 3.8) is 0 Å². The Hall–Kier alpha value is -3.15. The fourth-order valence-corrected chi connectivity index (χ4v) is 3.55. The van der Waals surface area contributed by atoms with E-state index in [4.69, 9.17) is 0 Å². The molecule has 1 aromatic carbocycles. The average Bonchev–Trinajstić information content (AvgIpc) is 3.11. The van der Waals surface area contributed by atoms with Crippen molar-refractivity contribution in [2.45, 2.75) is 26.8 Å². The Morgan fingerprint density at radius 1 is 1.11 bits per heavy atom.